The maximum Gasteiger partial charge on any atom is 0.407 e. The number of benzene rings is 1. The molecule has 1 fully saturated rings. The SMILES string of the molecule is N#Cc1ccc(Cl)c(C2CC(NC(=O)OCc3ccccc3)C2)n1. The van der Waals surface area contributed by atoms with Crippen LogP contribution in [0, 0.1) is 11.3 Å². The van der Waals surface area contributed by atoms with Crippen molar-refractivity contribution in [3.63, 3.8) is 0 Å². The number of aromatic nitrogens is 1. The molecule has 0 atom stereocenters. The number of halogens is 1. The fourth-order valence-electron chi connectivity index (χ4n) is 2.70. The fourth-order valence-corrected chi connectivity index (χ4v) is 2.96. The molecule has 3 rings (SSSR count). The summed E-state index contributed by atoms with van der Waals surface area (Å²) in [6, 6.07) is 14.9. The van der Waals surface area contributed by atoms with Gasteiger partial charge in [-0.1, -0.05) is 41.9 Å². The molecule has 1 aliphatic rings. The summed E-state index contributed by atoms with van der Waals surface area (Å²) in [4.78, 5) is 16.1. The molecule has 6 heteroatoms. The van der Waals surface area contributed by atoms with Crippen molar-refractivity contribution in [1.29, 1.82) is 5.26 Å². The second kappa shape index (κ2) is 7.33. The van der Waals surface area contributed by atoms with Crippen LogP contribution in [0.4, 0.5) is 4.79 Å². The number of alkyl carbamates (subject to hydrolysis) is 1. The Morgan fingerprint density at radius 2 is 2.04 bits per heavy atom. The molecule has 1 aliphatic carbocycles. The van der Waals surface area contributed by atoms with Gasteiger partial charge in [0, 0.05) is 12.0 Å². The zero-order chi connectivity index (χ0) is 16.9. The highest BCUT2D eigenvalue weighted by molar-refractivity contribution is 6.31. The first-order chi connectivity index (χ1) is 11.7. The number of nitriles is 1. The third-order valence-corrected chi connectivity index (χ3v) is 4.37. The maximum atomic E-state index is 11.8. The Balaban J connectivity index is 1.47. The summed E-state index contributed by atoms with van der Waals surface area (Å²) in [7, 11) is 0. The van der Waals surface area contributed by atoms with Crippen LogP contribution in [0.3, 0.4) is 0 Å². The minimum absolute atomic E-state index is 0.0434. The molecule has 0 radical (unpaired) electrons. The number of rotatable bonds is 4. The molecule has 0 saturated heterocycles. The predicted molar refractivity (Wildman–Crippen MR) is 89.5 cm³/mol. The van der Waals surface area contributed by atoms with E-state index in [4.69, 9.17) is 21.6 Å². The van der Waals surface area contributed by atoms with Gasteiger partial charge in [-0.05, 0) is 30.5 Å². The molecule has 1 N–H and O–H groups in total. The zero-order valence-electron chi connectivity index (χ0n) is 12.9. The van der Waals surface area contributed by atoms with Gasteiger partial charge in [0.25, 0.3) is 0 Å². The number of amides is 1. The molecule has 0 aliphatic heterocycles. The van der Waals surface area contributed by atoms with Gasteiger partial charge in [-0.25, -0.2) is 9.78 Å². The standard InChI is InChI=1S/C18H16ClN3O2/c19-16-7-6-14(10-20)21-17(16)13-8-15(9-13)22-18(23)24-11-12-4-2-1-3-5-12/h1-7,13,15H,8-9,11H2,(H,22,23). The molecule has 0 unspecified atom stereocenters. The summed E-state index contributed by atoms with van der Waals surface area (Å²) in [5.74, 6) is 0.158. The molecule has 122 valence electrons. The summed E-state index contributed by atoms with van der Waals surface area (Å²) in [6.07, 6.45) is 1.05. The Morgan fingerprint density at radius 1 is 1.29 bits per heavy atom. The van der Waals surface area contributed by atoms with Crippen molar-refractivity contribution in [2.75, 3.05) is 0 Å². The Bertz CT molecular complexity index is 768. The van der Waals surface area contributed by atoms with E-state index in [0.717, 1.165) is 24.1 Å². The van der Waals surface area contributed by atoms with Gasteiger partial charge in [0.2, 0.25) is 0 Å². The molecule has 1 saturated carbocycles. The van der Waals surface area contributed by atoms with Gasteiger partial charge in [0.1, 0.15) is 18.4 Å². The van der Waals surface area contributed by atoms with Crippen LogP contribution in [0.2, 0.25) is 5.02 Å². The Labute approximate surface area is 145 Å². The highest BCUT2D eigenvalue weighted by atomic mass is 35.5. The molecular weight excluding hydrogens is 326 g/mol. The van der Waals surface area contributed by atoms with E-state index >= 15 is 0 Å². The molecule has 5 nitrogen and oxygen atoms in total. The molecule has 1 amide bonds. The quantitative estimate of drug-likeness (QED) is 0.918. The lowest BCUT2D eigenvalue weighted by atomic mass is 9.78. The molecule has 2 aromatic rings. The number of nitrogens with zero attached hydrogens (tertiary/aromatic N) is 2. The van der Waals surface area contributed by atoms with E-state index in [1.165, 1.54) is 0 Å². The maximum absolute atomic E-state index is 11.8. The Kier molecular flexibility index (Phi) is 4.97. The van der Waals surface area contributed by atoms with Crippen molar-refractivity contribution in [1.82, 2.24) is 10.3 Å². The lowest BCUT2D eigenvalue weighted by Gasteiger charge is -2.35. The Morgan fingerprint density at radius 3 is 2.75 bits per heavy atom. The summed E-state index contributed by atoms with van der Waals surface area (Å²) >= 11 is 6.15. The van der Waals surface area contributed by atoms with Gasteiger partial charge in [-0.15, -0.1) is 0 Å². The number of carbonyl (C=O) groups is 1. The van der Waals surface area contributed by atoms with Gasteiger partial charge < -0.3 is 10.1 Å². The predicted octanol–water partition coefficient (Wildman–Crippen LogP) is 3.78. The van der Waals surface area contributed by atoms with Crippen LogP contribution in [0.1, 0.15) is 35.7 Å². The highest BCUT2D eigenvalue weighted by Gasteiger charge is 2.34. The molecule has 24 heavy (non-hydrogen) atoms. The third kappa shape index (κ3) is 3.84. The first-order valence-corrected chi connectivity index (χ1v) is 8.07. The van der Waals surface area contributed by atoms with Gasteiger partial charge in [0.15, 0.2) is 0 Å². The van der Waals surface area contributed by atoms with E-state index < -0.39 is 6.09 Å². The molecule has 0 spiro atoms. The second-order valence-electron chi connectivity index (χ2n) is 5.75. The number of pyridine rings is 1. The van der Waals surface area contributed by atoms with Gasteiger partial charge >= 0.3 is 6.09 Å². The summed E-state index contributed by atoms with van der Waals surface area (Å²) < 4.78 is 5.20. The molecule has 0 bridgehead atoms. The summed E-state index contributed by atoms with van der Waals surface area (Å²) in [5, 5.41) is 12.3. The van der Waals surface area contributed by atoms with Gasteiger partial charge in [0.05, 0.1) is 10.7 Å². The summed E-state index contributed by atoms with van der Waals surface area (Å²) in [5.41, 5.74) is 2.03. The van der Waals surface area contributed by atoms with Crippen LogP contribution in [-0.4, -0.2) is 17.1 Å². The third-order valence-electron chi connectivity index (χ3n) is 4.05. The van der Waals surface area contributed by atoms with Gasteiger partial charge in [-0.3, -0.25) is 0 Å². The molecule has 1 aromatic heterocycles. The van der Waals surface area contributed by atoms with Crippen molar-refractivity contribution in [2.24, 2.45) is 0 Å². The van der Waals surface area contributed by atoms with Gasteiger partial charge in [-0.2, -0.15) is 5.26 Å². The first-order valence-electron chi connectivity index (χ1n) is 7.69. The highest BCUT2D eigenvalue weighted by Crippen LogP contribution is 2.39. The first kappa shape index (κ1) is 16.3. The minimum atomic E-state index is -0.424. The number of nitrogens with one attached hydrogen (secondary N) is 1. The topological polar surface area (TPSA) is 75.0 Å². The zero-order valence-corrected chi connectivity index (χ0v) is 13.7. The normalized spacial score (nSPS) is 19.0. The second-order valence-corrected chi connectivity index (χ2v) is 6.15. The lowest BCUT2D eigenvalue weighted by Crippen LogP contribution is -2.43. The number of hydrogen-bond acceptors (Lipinski definition) is 4. The van der Waals surface area contributed by atoms with Crippen molar-refractivity contribution in [2.45, 2.75) is 31.4 Å². The number of carbonyl (C=O) groups excluding carboxylic acids is 1. The molecular formula is C18H16ClN3O2. The van der Waals surface area contributed by atoms with Crippen molar-refractivity contribution < 1.29 is 9.53 Å². The van der Waals surface area contributed by atoms with E-state index in [1.807, 2.05) is 36.4 Å². The number of ether oxygens (including phenoxy) is 1. The van der Waals surface area contributed by atoms with Crippen LogP contribution in [-0.2, 0) is 11.3 Å². The molecule has 1 heterocycles. The summed E-state index contributed by atoms with van der Waals surface area (Å²) in [6.45, 7) is 0.250. The average Bonchev–Trinajstić information content (AvgIpc) is 2.58. The monoisotopic (exact) mass is 341 g/mol. The average molecular weight is 342 g/mol. The van der Waals surface area contributed by atoms with Crippen LogP contribution in [0.15, 0.2) is 42.5 Å². The van der Waals surface area contributed by atoms with Crippen molar-refractivity contribution >= 4 is 17.7 Å². The van der Waals surface area contributed by atoms with Crippen LogP contribution >= 0.6 is 11.6 Å². The van der Waals surface area contributed by atoms with Crippen molar-refractivity contribution in [3.05, 3.63) is 64.4 Å². The smallest absolute Gasteiger partial charge is 0.407 e. The largest absolute Gasteiger partial charge is 0.445 e. The van der Waals surface area contributed by atoms with Crippen molar-refractivity contribution in [3.8, 4) is 6.07 Å². The van der Waals surface area contributed by atoms with Crippen LogP contribution in [0.25, 0.3) is 0 Å². The minimum Gasteiger partial charge on any atom is -0.445 e. The fraction of sp³-hybridized carbons (Fsp3) is 0.278. The van der Waals surface area contributed by atoms with E-state index in [1.54, 1.807) is 12.1 Å². The van der Waals surface area contributed by atoms with E-state index in [9.17, 15) is 4.79 Å². The van der Waals surface area contributed by atoms with E-state index in [0.29, 0.717) is 10.7 Å². The van der Waals surface area contributed by atoms with Crippen LogP contribution in [0.5, 0.6) is 0 Å². The van der Waals surface area contributed by atoms with E-state index in [-0.39, 0.29) is 18.6 Å². The lowest BCUT2D eigenvalue weighted by molar-refractivity contribution is 0.127. The Hall–Kier alpha value is -2.58. The van der Waals surface area contributed by atoms with E-state index in [2.05, 4.69) is 10.3 Å². The molecule has 1 aromatic carbocycles. The van der Waals surface area contributed by atoms with Crippen LogP contribution < -0.4 is 5.32 Å². The number of hydrogen-bond donors (Lipinski definition) is 1.